The monoisotopic (exact) mass is 219 g/mol. The van der Waals surface area contributed by atoms with Gasteiger partial charge in [0.2, 0.25) is 0 Å². The van der Waals surface area contributed by atoms with Crippen LogP contribution in [0.1, 0.15) is 18.5 Å². The number of benzene rings is 1. The van der Waals surface area contributed by atoms with E-state index in [-0.39, 0.29) is 5.75 Å². The lowest BCUT2D eigenvalue weighted by molar-refractivity contribution is 0.0792. The Labute approximate surface area is 85.8 Å². The van der Waals surface area contributed by atoms with Crippen molar-refractivity contribution in [1.82, 2.24) is 0 Å². The van der Waals surface area contributed by atoms with Crippen LogP contribution in [0.2, 0.25) is 0 Å². The van der Waals surface area contributed by atoms with Gasteiger partial charge in [0, 0.05) is 11.6 Å². The maximum absolute atomic E-state index is 13.2. The van der Waals surface area contributed by atoms with Gasteiger partial charge in [-0.15, -0.1) is 0 Å². The Morgan fingerprint density at radius 2 is 2.07 bits per heavy atom. The van der Waals surface area contributed by atoms with Crippen molar-refractivity contribution in [2.75, 3.05) is 6.61 Å². The van der Waals surface area contributed by atoms with Gasteiger partial charge in [0.1, 0.15) is 6.61 Å². The van der Waals surface area contributed by atoms with Crippen LogP contribution in [0.25, 0.3) is 0 Å². The minimum atomic E-state index is -2.63. The van der Waals surface area contributed by atoms with E-state index in [0.717, 1.165) is 6.07 Å². The highest BCUT2D eigenvalue weighted by atomic mass is 19.3. The Balaban J connectivity index is 2.92. The molecule has 1 aromatic rings. The summed E-state index contributed by atoms with van der Waals surface area (Å²) < 4.78 is 41.7. The normalized spacial score (nSPS) is 12.9. The quantitative estimate of drug-likeness (QED) is 0.844. The summed E-state index contributed by atoms with van der Waals surface area (Å²) in [7, 11) is 0. The molecule has 1 atom stereocenters. The zero-order valence-electron chi connectivity index (χ0n) is 8.21. The highest BCUT2D eigenvalue weighted by Gasteiger charge is 2.14. The fourth-order valence-electron chi connectivity index (χ4n) is 1.18. The molecule has 0 heterocycles. The van der Waals surface area contributed by atoms with Gasteiger partial charge in [-0.2, -0.15) is 0 Å². The second-order valence-corrected chi connectivity index (χ2v) is 3.15. The molecule has 0 radical (unpaired) electrons. The Bertz CT molecular complexity index is 328. The van der Waals surface area contributed by atoms with E-state index in [0.29, 0.717) is 5.56 Å². The van der Waals surface area contributed by atoms with Crippen LogP contribution in [-0.4, -0.2) is 13.0 Å². The summed E-state index contributed by atoms with van der Waals surface area (Å²) >= 11 is 0. The SMILES string of the molecule is C[C@@H](N)c1cccc(F)c1OCC(F)F. The van der Waals surface area contributed by atoms with E-state index in [1.54, 1.807) is 13.0 Å². The van der Waals surface area contributed by atoms with Crippen LogP contribution in [0.15, 0.2) is 18.2 Å². The summed E-state index contributed by atoms with van der Waals surface area (Å²) in [5, 5.41) is 0. The van der Waals surface area contributed by atoms with Gasteiger partial charge >= 0.3 is 0 Å². The van der Waals surface area contributed by atoms with E-state index in [9.17, 15) is 13.2 Å². The second-order valence-electron chi connectivity index (χ2n) is 3.15. The molecule has 0 aromatic heterocycles. The van der Waals surface area contributed by atoms with E-state index in [1.165, 1.54) is 6.07 Å². The Morgan fingerprint density at radius 3 is 2.60 bits per heavy atom. The van der Waals surface area contributed by atoms with Gasteiger partial charge in [0.05, 0.1) is 0 Å². The summed E-state index contributed by atoms with van der Waals surface area (Å²) in [4.78, 5) is 0. The van der Waals surface area contributed by atoms with Gasteiger partial charge < -0.3 is 10.5 Å². The zero-order valence-corrected chi connectivity index (χ0v) is 8.21. The van der Waals surface area contributed by atoms with Crippen LogP contribution < -0.4 is 10.5 Å². The molecular formula is C10H12F3NO. The standard InChI is InChI=1S/C10H12F3NO/c1-6(14)7-3-2-4-8(11)10(7)15-5-9(12)13/h2-4,6,9H,5,14H2,1H3/t6-/m1/s1. The van der Waals surface area contributed by atoms with Gasteiger partial charge in [-0.25, -0.2) is 13.2 Å². The molecule has 0 aliphatic heterocycles. The van der Waals surface area contributed by atoms with E-state index >= 15 is 0 Å². The molecule has 0 bridgehead atoms. The summed E-state index contributed by atoms with van der Waals surface area (Å²) in [6.07, 6.45) is -2.63. The number of hydrogen-bond acceptors (Lipinski definition) is 2. The molecule has 0 saturated carbocycles. The third-order valence-electron chi connectivity index (χ3n) is 1.84. The van der Waals surface area contributed by atoms with Crippen molar-refractivity contribution in [3.05, 3.63) is 29.6 Å². The summed E-state index contributed by atoms with van der Waals surface area (Å²) in [5.41, 5.74) is 5.94. The van der Waals surface area contributed by atoms with E-state index in [2.05, 4.69) is 4.74 Å². The fourth-order valence-corrected chi connectivity index (χ4v) is 1.18. The molecule has 0 spiro atoms. The first-order valence-corrected chi connectivity index (χ1v) is 4.47. The number of para-hydroxylation sites is 1. The van der Waals surface area contributed by atoms with Crippen LogP contribution in [-0.2, 0) is 0 Å². The lowest BCUT2D eigenvalue weighted by Crippen LogP contribution is -2.13. The average molecular weight is 219 g/mol. The van der Waals surface area contributed by atoms with Gasteiger partial charge in [0.25, 0.3) is 6.43 Å². The molecule has 0 unspecified atom stereocenters. The molecule has 0 saturated heterocycles. The molecule has 0 fully saturated rings. The minimum Gasteiger partial charge on any atom is -0.484 e. The zero-order chi connectivity index (χ0) is 11.4. The highest BCUT2D eigenvalue weighted by Crippen LogP contribution is 2.27. The number of hydrogen-bond donors (Lipinski definition) is 1. The van der Waals surface area contributed by atoms with Gasteiger partial charge in [-0.3, -0.25) is 0 Å². The summed E-state index contributed by atoms with van der Waals surface area (Å²) in [5.74, 6) is -0.863. The van der Waals surface area contributed by atoms with Crippen molar-refractivity contribution < 1.29 is 17.9 Å². The fraction of sp³-hybridized carbons (Fsp3) is 0.400. The first kappa shape index (κ1) is 11.8. The van der Waals surface area contributed by atoms with Crippen molar-refractivity contribution in [3.63, 3.8) is 0 Å². The first-order valence-electron chi connectivity index (χ1n) is 4.47. The number of rotatable bonds is 4. The maximum Gasteiger partial charge on any atom is 0.272 e. The van der Waals surface area contributed by atoms with Crippen LogP contribution in [0.5, 0.6) is 5.75 Å². The smallest absolute Gasteiger partial charge is 0.272 e. The lowest BCUT2D eigenvalue weighted by atomic mass is 10.1. The largest absolute Gasteiger partial charge is 0.484 e. The van der Waals surface area contributed by atoms with Crippen molar-refractivity contribution in [2.45, 2.75) is 19.4 Å². The third kappa shape index (κ3) is 3.13. The topological polar surface area (TPSA) is 35.2 Å². The van der Waals surface area contributed by atoms with Crippen LogP contribution in [0, 0.1) is 5.82 Å². The Kier molecular flexibility index (Phi) is 3.96. The van der Waals surface area contributed by atoms with Gasteiger partial charge in [0.15, 0.2) is 11.6 Å². The molecule has 1 rings (SSSR count). The molecule has 0 aliphatic carbocycles. The Morgan fingerprint density at radius 1 is 1.40 bits per heavy atom. The van der Waals surface area contributed by atoms with Crippen LogP contribution in [0.4, 0.5) is 13.2 Å². The number of alkyl halides is 2. The molecule has 5 heteroatoms. The second kappa shape index (κ2) is 5.02. The van der Waals surface area contributed by atoms with Crippen molar-refractivity contribution >= 4 is 0 Å². The van der Waals surface area contributed by atoms with Crippen molar-refractivity contribution in [3.8, 4) is 5.75 Å². The van der Waals surface area contributed by atoms with E-state index in [4.69, 9.17) is 5.73 Å². The molecule has 0 aliphatic rings. The molecular weight excluding hydrogens is 207 g/mol. The molecule has 1 aromatic carbocycles. The number of halogens is 3. The summed E-state index contributed by atoms with van der Waals surface area (Å²) in [6, 6.07) is 3.69. The molecule has 84 valence electrons. The van der Waals surface area contributed by atoms with E-state index < -0.39 is 24.9 Å². The van der Waals surface area contributed by atoms with Gasteiger partial charge in [-0.1, -0.05) is 12.1 Å². The van der Waals surface area contributed by atoms with E-state index in [1.807, 2.05) is 0 Å². The predicted octanol–water partition coefficient (Wildman–Crippen LogP) is 2.49. The predicted molar refractivity (Wildman–Crippen MR) is 50.5 cm³/mol. The van der Waals surface area contributed by atoms with Crippen molar-refractivity contribution in [2.24, 2.45) is 5.73 Å². The first-order chi connectivity index (χ1) is 7.02. The molecule has 2 nitrogen and oxygen atoms in total. The number of nitrogens with two attached hydrogens (primary N) is 1. The maximum atomic E-state index is 13.2. The van der Waals surface area contributed by atoms with Crippen LogP contribution >= 0.6 is 0 Å². The van der Waals surface area contributed by atoms with Crippen molar-refractivity contribution in [1.29, 1.82) is 0 Å². The minimum absolute atomic E-state index is 0.187. The third-order valence-corrected chi connectivity index (χ3v) is 1.84. The molecule has 0 amide bonds. The average Bonchev–Trinajstić information content (AvgIpc) is 2.15. The van der Waals surface area contributed by atoms with Gasteiger partial charge in [-0.05, 0) is 13.0 Å². The summed E-state index contributed by atoms with van der Waals surface area (Å²) in [6.45, 7) is 0.796. The highest BCUT2D eigenvalue weighted by molar-refractivity contribution is 5.36. The Hall–Kier alpha value is -1.23. The van der Waals surface area contributed by atoms with Crippen LogP contribution in [0.3, 0.4) is 0 Å². The number of ether oxygens (including phenoxy) is 1. The molecule has 2 N–H and O–H groups in total. The lowest BCUT2D eigenvalue weighted by Gasteiger charge is -2.14. The molecule has 15 heavy (non-hydrogen) atoms.